The van der Waals surface area contributed by atoms with Crippen LogP contribution in [0.3, 0.4) is 0 Å². The number of halogens is 1. The van der Waals surface area contributed by atoms with Gasteiger partial charge < -0.3 is 10.6 Å². The largest absolute Gasteiger partial charge is 0.342 e. The lowest BCUT2D eigenvalue weighted by Gasteiger charge is -2.18. The van der Waals surface area contributed by atoms with Gasteiger partial charge in [0.05, 0.1) is 0 Å². The monoisotopic (exact) mass is 350 g/mol. The molecule has 114 valence electrons. The number of nitrogens with zero attached hydrogens (tertiary/aromatic N) is 1. The summed E-state index contributed by atoms with van der Waals surface area (Å²) in [5.41, 5.74) is 7.41. The Morgan fingerprint density at radius 1 is 1.29 bits per heavy atom. The van der Waals surface area contributed by atoms with Gasteiger partial charge in [0.1, 0.15) is 0 Å². The third-order valence-electron chi connectivity index (χ3n) is 5.06. The number of benzene rings is 1. The van der Waals surface area contributed by atoms with Crippen molar-refractivity contribution in [2.45, 2.75) is 38.1 Å². The van der Waals surface area contributed by atoms with E-state index in [1.807, 2.05) is 17.0 Å². The molecule has 1 aliphatic heterocycles. The van der Waals surface area contributed by atoms with Crippen LogP contribution in [0.2, 0.25) is 0 Å². The maximum absolute atomic E-state index is 12.3. The van der Waals surface area contributed by atoms with Crippen LogP contribution in [0.25, 0.3) is 0 Å². The SMILES string of the molecule is NC1CCC2CN(C(=O)CCCc3ccccc3Br)CC12. The Morgan fingerprint density at radius 2 is 2.10 bits per heavy atom. The van der Waals surface area contributed by atoms with Crippen LogP contribution in [0.1, 0.15) is 31.2 Å². The van der Waals surface area contributed by atoms with Gasteiger partial charge in [0.25, 0.3) is 0 Å². The Kier molecular flexibility index (Phi) is 4.65. The second-order valence-corrected chi connectivity index (χ2v) is 7.26. The van der Waals surface area contributed by atoms with Crippen molar-refractivity contribution in [3.8, 4) is 0 Å². The van der Waals surface area contributed by atoms with Crippen LogP contribution in [0, 0.1) is 11.8 Å². The third kappa shape index (κ3) is 3.32. The lowest BCUT2D eigenvalue weighted by atomic mass is 9.98. The molecule has 4 heteroatoms. The zero-order chi connectivity index (χ0) is 14.8. The summed E-state index contributed by atoms with van der Waals surface area (Å²) in [6.07, 6.45) is 4.86. The number of hydrogen-bond donors (Lipinski definition) is 1. The summed E-state index contributed by atoms with van der Waals surface area (Å²) in [7, 11) is 0. The molecule has 1 aliphatic carbocycles. The first-order valence-corrected chi connectivity index (χ1v) is 8.71. The van der Waals surface area contributed by atoms with Crippen LogP contribution in [-0.2, 0) is 11.2 Å². The van der Waals surface area contributed by atoms with E-state index in [2.05, 4.69) is 28.1 Å². The van der Waals surface area contributed by atoms with Crippen molar-refractivity contribution in [1.82, 2.24) is 4.90 Å². The topological polar surface area (TPSA) is 46.3 Å². The normalized spacial score (nSPS) is 27.9. The fourth-order valence-corrected chi connectivity index (χ4v) is 4.28. The fraction of sp³-hybridized carbons (Fsp3) is 0.588. The summed E-state index contributed by atoms with van der Waals surface area (Å²) < 4.78 is 1.14. The smallest absolute Gasteiger partial charge is 0.222 e. The number of rotatable bonds is 4. The Bertz CT molecular complexity index is 519. The number of carbonyl (C=O) groups is 1. The van der Waals surface area contributed by atoms with Gasteiger partial charge in [-0.25, -0.2) is 0 Å². The zero-order valence-electron chi connectivity index (χ0n) is 12.3. The molecule has 3 nitrogen and oxygen atoms in total. The lowest BCUT2D eigenvalue weighted by Crippen LogP contribution is -2.33. The molecular weight excluding hydrogens is 328 g/mol. The maximum atomic E-state index is 12.3. The van der Waals surface area contributed by atoms with Crippen LogP contribution in [-0.4, -0.2) is 29.9 Å². The highest BCUT2D eigenvalue weighted by Gasteiger charge is 2.42. The van der Waals surface area contributed by atoms with E-state index in [-0.39, 0.29) is 0 Å². The van der Waals surface area contributed by atoms with Crippen molar-refractivity contribution < 1.29 is 4.79 Å². The molecule has 3 unspecified atom stereocenters. The summed E-state index contributed by atoms with van der Waals surface area (Å²) in [6.45, 7) is 1.83. The first kappa shape index (κ1) is 15.0. The van der Waals surface area contributed by atoms with Crippen molar-refractivity contribution in [3.63, 3.8) is 0 Å². The number of amides is 1. The van der Waals surface area contributed by atoms with Crippen LogP contribution in [0.15, 0.2) is 28.7 Å². The van der Waals surface area contributed by atoms with Gasteiger partial charge in [-0.1, -0.05) is 34.1 Å². The lowest BCUT2D eigenvalue weighted by molar-refractivity contribution is -0.130. The average molecular weight is 351 g/mol. The molecule has 1 saturated carbocycles. The van der Waals surface area contributed by atoms with E-state index in [1.165, 1.54) is 12.0 Å². The number of carbonyl (C=O) groups excluding carboxylic acids is 1. The first-order chi connectivity index (χ1) is 10.1. The van der Waals surface area contributed by atoms with Gasteiger partial charge in [-0.2, -0.15) is 0 Å². The van der Waals surface area contributed by atoms with E-state index >= 15 is 0 Å². The van der Waals surface area contributed by atoms with E-state index < -0.39 is 0 Å². The molecule has 21 heavy (non-hydrogen) atoms. The Labute approximate surface area is 135 Å². The van der Waals surface area contributed by atoms with E-state index in [0.717, 1.165) is 36.8 Å². The molecule has 1 saturated heterocycles. The second-order valence-electron chi connectivity index (χ2n) is 6.41. The molecule has 1 amide bonds. The fourth-order valence-electron chi connectivity index (χ4n) is 3.80. The minimum Gasteiger partial charge on any atom is -0.342 e. The second kappa shape index (κ2) is 6.49. The van der Waals surface area contributed by atoms with Crippen LogP contribution in [0.4, 0.5) is 0 Å². The highest BCUT2D eigenvalue weighted by molar-refractivity contribution is 9.10. The number of nitrogens with two attached hydrogens (primary N) is 1. The molecule has 1 aromatic rings. The van der Waals surface area contributed by atoms with Crippen molar-refractivity contribution in [3.05, 3.63) is 34.3 Å². The van der Waals surface area contributed by atoms with Crippen molar-refractivity contribution >= 4 is 21.8 Å². The third-order valence-corrected chi connectivity index (χ3v) is 5.83. The molecule has 2 fully saturated rings. The average Bonchev–Trinajstić information content (AvgIpc) is 3.04. The van der Waals surface area contributed by atoms with E-state index in [9.17, 15) is 4.79 Å². The molecule has 2 N–H and O–H groups in total. The summed E-state index contributed by atoms with van der Waals surface area (Å²) in [5.74, 6) is 1.52. The Hall–Kier alpha value is -0.870. The van der Waals surface area contributed by atoms with Gasteiger partial charge in [-0.15, -0.1) is 0 Å². The summed E-state index contributed by atoms with van der Waals surface area (Å²) in [4.78, 5) is 14.4. The van der Waals surface area contributed by atoms with Gasteiger partial charge in [0.2, 0.25) is 5.91 Å². The molecule has 3 rings (SSSR count). The van der Waals surface area contributed by atoms with Crippen LogP contribution >= 0.6 is 15.9 Å². The molecule has 0 radical (unpaired) electrons. The molecule has 1 aromatic carbocycles. The predicted molar refractivity (Wildman–Crippen MR) is 87.8 cm³/mol. The molecule has 0 aromatic heterocycles. The van der Waals surface area contributed by atoms with Crippen LogP contribution < -0.4 is 5.73 Å². The number of fused-ring (bicyclic) bond motifs is 1. The molecule has 0 bridgehead atoms. The zero-order valence-corrected chi connectivity index (χ0v) is 13.9. The Morgan fingerprint density at radius 3 is 2.86 bits per heavy atom. The summed E-state index contributed by atoms with van der Waals surface area (Å²) in [5, 5.41) is 0. The van der Waals surface area contributed by atoms with E-state index in [4.69, 9.17) is 5.73 Å². The first-order valence-electron chi connectivity index (χ1n) is 7.92. The Balaban J connectivity index is 1.46. The number of likely N-dealkylation sites (tertiary alicyclic amines) is 1. The highest BCUT2D eigenvalue weighted by atomic mass is 79.9. The summed E-state index contributed by atoms with van der Waals surface area (Å²) in [6, 6.07) is 8.55. The van der Waals surface area contributed by atoms with E-state index in [0.29, 0.717) is 30.2 Å². The van der Waals surface area contributed by atoms with Gasteiger partial charge in [0.15, 0.2) is 0 Å². The van der Waals surface area contributed by atoms with E-state index in [1.54, 1.807) is 0 Å². The van der Waals surface area contributed by atoms with Crippen molar-refractivity contribution in [2.24, 2.45) is 17.6 Å². The van der Waals surface area contributed by atoms with Gasteiger partial charge in [0, 0.05) is 30.0 Å². The number of aryl methyl sites for hydroxylation is 1. The molecular formula is C17H23BrN2O. The summed E-state index contributed by atoms with van der Waals surface area (Å²) >= 11 is 3.56. The standard InChI is InChI=1S/C17H23BrN2O/c18-15-6-2-1-4-12(15)5-3-7-17(21)20-10-13-8-9-16(19)14(13)11-20/h1-2,4,6,13-14,16H,3,5,7-11,19H2. The van der Waals surface area contributed by atoms with Crippen LogP contribution in [0.5, 0.6) is 0 Å². The van der Waals surface area contributed by atoms with Crippen molar-refractivity contribution in [1.29, 1.82) is 0 Å². The van der Waals surface area contributed by atoms with Gasteiger partial charge >= 0.3 is 0 Å². The maximum Gasteiger partial charge on any atom is 0.222 e. The highest BCUT2D eigenvalue weighted by Crippen LogP contribution is 2.37. The molecule has 1 heterocycles. The molecule has 2 aliphatic rings. The van der Waals surface area contributed by atoms with Crippen molar-refractivity contribution in [2.75, 3.05) is 13.1 Å². The minimum atomic E-state index is 0.309. The quantitative estimate of drug-likeness (QED) is 0.907. The van der Waals surface area contributed by atoms with Gasteiger partial charge in [-0.05, 0) is 49.1 Å². The van der Waals surface area contributed by atoms with Gasteiger partial charge in [-0.3, -0.25) is 4.79 Å². The number of hydrogen-bond acceptors (Lipinski definition) is 2. The minimum absolute atomic E-state index is 0.309. The molecule has 3 atom stereocenters. The predicted octanol–water partition coefficient (Wildman–Crippen LogP) is 2.97. The molecule has 0 spiro atoms.